The number of nitrogens with one attached hydrogen (secondary N) is 1. The van der Waals surface area contributed by atoms with Crippen molar-refractivity contribution < 1.29 is 9.21 Å². The smallest absolute Gasteiger partial charge is 0.230 e. The van der Waals surface area contributed by atoms with E-state index in [2.05, 4.69) is 63.7 Å². The Kier molecular flexibility index (Phi) is 7.30. The van der Waals surface area contributed by atoms with Crippen LogP contribution in [0.1, 0.15) is 23.3 Å². The second-order valence-electron chi connectivity index (χ2n) is 8.90. The van der Waals surface area contributed by atoms with E-state index < -0.39 is 0 Å². The number of aromatic nitrogens is 3. The van der Waals surface area contributed by atoms with Gasteiger partial charge in [0.25, 0.3) is 0 Å². The minimum absolute atomic E-state index is 0.0196. The zero-order chi connectivity index (χ0) is 24.0. The number of hydrogen-bond acceptors (Lipinski definition) is 6. The van der Waals surface area contributed by atoms with E-state index in [-0.39, 0.29) is 11.9 Å². The molecular formula is C27H29N5O2S. The first kappa shape index (κ1) is 23.4. The summed E-state index contributed by atoms with van der Waals surface area (Å²) in [7, 11) is 0. The molecule has 1 aliphatic rings. The average molecular weight is 488 g/mol. The number of nitrogens with zero attached hydrogens (tertiary/aromatic N) is 4. The first-order valence-corrected chi connectivity index (χ1v) is 12.8. The van der Waals surface area contributed by atoms with Crippen LogP contribution in [0.25, 0.3) is 11.4 Å². The molecule has 0 saturated carbocycles. The average Bonchev–Trinajstić information content (AvgIpc) is 3.61. The topological polar surface area (TPSA) is 76.2 Å². The summed E-state index contributed by atoms with van der Waals surface area (Å²) in [6.07, 6.45) is 2.63. The molecule has 0 unspecified atom stereocenters. The van der Waals surface area contributed by atoms with Gasteiger partial charge in [-0.1, -0.05) is 65.9 Å². The lowest BCUT2D eigenvalue weighted by molar-refractivity contribution is -0.119. The summed E-state index contributed by atoms with van der Waals surface area (Å²) in [5, 5.41) is 12.8. The highest BCUT2D eigenvalue weighted by Gasteiger charge is 2.24. The third kappa shape index (κ3) is 6.01. The maximum absolute atomic E-state index is 12.8. The third-order valence-electron chi connectivity index (χ3n) is 6.11. The molecule has 3 heterocycles. The minimum atomic E-state index is 0.0196. The van der Waals surface area contributed by atoms with Gasteiger partial charge in [-0.3, -0.25) is 14.3 Å². The van der Waals surface area contributed by atoms with E-state index in [9.17, 15) is 4.79 Å². The summed E-state index contributed by atoms with van der Waals surface area (Å²) in [5.41, 5.74) is 3.45. The minimum Gasteiger partial charge on any atom is -0.467 e. The van der Waals surface area contributed by atoms with Crippen molar-refractivity contribution in [2.75, 3.05) is 18.8 Å². The fourth-order valence-corrected chi connectivity index (χ4v) is 5.18. The molecule has 1 saturated heterocycles. The van der Waals surface area contributed by atoms with E-state index in [0.717, 1.165) is 48.8 Å². The first-order valence-electron chi connectivity index (χ1n) is 11.8. The molecule has 1 amide bonds. The first-order chi connectivity index (χ1) is 17.1. The normalized spacial score (nSPS) is 16.0. The molecule has 0 aliphatic carbocycles. The van der Waals surface area contributed by atoms with Gasteiger partial charge in [0.15, 0.2) is 11.0 Å². The lowest BCUT2D eigenvalue weighted by Crippen LogP contribution is -2.38. The standard InChI is InChI=1S/C27H29N5O2S/c1-20-7-5-10-22(15-20)26-29-30-27(32(26)18-24-11-6-14-34-24)35-19-25(33)28-23-12-13-31(17-23)16-21-8-3-2-4-9-21/h2-11,14-15,23H,12-13,16-19H2,1H3,(H,28,33)/t23-/m1/s1. The van der Waals surface area contributed by atoms with E-state index in [1.165, 1.54) is 17.3 Å². The van der Waals surface area contributed by atoms with Crippen LogP contribution in [-0.4, -0.2) is 50.5 Å². The van der Waals surface area contributed by atoms with Gasteiger partial charge < -0.3 is 9.73 Å². The molecule has 2 aromatic heterocycles. The van der Waals surface area contributed by atoms with Gasteiger partial charge in [-0.05, 0) is 37.1 Å². The van der Waals surface area contributed by atoms with Gasteiger partial charge in [-0.25, -0.2) is 0 Å². The van der Waals surface area contributed by atoms with Crippen molar-refractivity contribution in [3.63, 3.8) is 0 Å². The number of furan rings is 1. The predicted octanol–water partition coefficient (Wildman–Crippen LogP) is 4.38. The van der Waals surface area contributed by atoms with E-state index >= 15 is 0 Å². The largest absolute Gasteiger partial charge is 0.467 e. The Morgan fingerprint density at radius 3 is 2.77 bits per heavy atom. The van der Waals surface area contributed by atoms with Crippen LogP contribution in [0.2, 0.25) is 0 Å². The van der Waals surface area contributed by atoms with Crippen molar-refractivity contribution in [3.05, 3.63) is 89.9 Å². The van der Waals surface area contributed by atoms with E-state index in [0.29, 0.717) is 17.5 Å². The summed E-state index contributed by atoms with van der Waals surface area (Å²) in [6.45, 7) is 5.34. The van der Waals surface area contributed by atoms with Gasteiger partial charge in [-0.2, -0.15) is 0 Å². The van der Waals surface area contributed by atoms with Crippen LogP contribution >= 0.6 is 11.8 Å². The number of carbonyl (C=O) groups excluding carboxylic acids is 1. The van der Waals surface area contributed by atoms with Crippen molar-refractivity contribution >= 4 is 17.7 Å². The van der Waals surface area contributed by atoms with Crippen LogP contribution in [0, 0.1) is 6.92 Å². The molecule has 1 aliphatic heterocycles. The lowest BCUT2D eigenvalue weighted by Gasteiger charge is -2.16. The molecule has 0 bridgehead atoms. The summed E-state index contributed by atoms with van der Waals surface area (Å²) >= 11 is 1.41. The van der Waals surface area contributed by atoms with E-state index in [4.69, 9.17) is 4.42 Å². The Morgan fingerprint density at radius 2 is 1.97 bits per heavy atom. The zero-order valence-electron chi connectivity index (χ0n) is 19.8. The van der Waals surface area contributed by atoms with Gasteiger partial charge in [0.05, 0.1) is 18.6 Å². The van der Waals surface area contributed by atoms with Gasteiger partial charge in [0.2, 0.25) is 5.91 Å². The molecule has 2 aromatic carbocycles. The Bertz CT molecular complexity index is 1260. The molecule has 0 radical (unpaired) electrons. The molecule has 0 spiro atoms. The number of aryl methyl sites for hydroxylation is 1. The molecule has 180 valence electrons. The maximum atomic E-state index is 12.8. The van der Waals surface area contributed by atoms with Crippen molar-refractivity contribution in [1.29, 1.82) is 0 Å². The quantitative estimate of drug-likeness (QED) is 0.353. The van der Waals surface area contributed by atoms with E-state index in [1.54, 1.807) is 6.26 Å². The summed E-state index contributed by atoms with van der Waals surface area (Å²) < 4.78 is 7.59. The number of likely N-dealkylation sites (tertiary alicyclic amines) is 1. The Hall–Kier alpha value is -3.36. The number of benzene rings is 2. The van der Waals surface area contributed by atoms with Crippen LogP contribution in [0.3, 0.4) is 0 Å². The van der Waals surface area contributed by atoms with Gasteiger partial charge in [0, 0.05) is 31.2 Å². The van der Waals surface area contributed by atoms with Crippen molar-refractivity contribution in [3.8, 4) is 11.4 Å². The summed E-state index contributed by atoms with van der Waals surface area (Å²) in [5.74, 6) is 1.89. The number of rotatable bonds is 9. The van der Waals surface area contributed by atoms with Crippen LogP contribution in [0.5, 0.6) is 0 Å². The second-order valence-corrected chi connectivity index (χ2v) is 9.85. The maximum Gasteiger partial charge on any atom is 0.230 e. The van der Waals surface area contributed by atoms with Crippen LogP contribution in [-0.2, 0) is 17.9 Å². The third-order valence-corrected chi connectivity index (χ3v) is 7.07. The molecule has 1 N–H and O–H groups in total. The van der Waals surface area contributed by atoms with Crippen molar-refractivity contribution in [2.45, 2.75) is 37.6 Å². The Balaban J connectivity index is 1.21. The highest BCUT2D eigenvalue weighted by molar-refractivity contribution is 7.99. The molecular weight excluding hydrogens is 458 g/mol. The number of amides is 1. The van der Waals surface area contributed by atoms with Crippen molar-refractivity contribution in [2.24, 2.45) is 0 Å². The molecule has 35 heavy (non-hydrogen) atoms. The van der Waals surface area contributed by atoms with Gasteiger partial charge in [-0.15, -0.1) is 10.2 Å². The Morgan fingerprint density at radius 1 is 1.09 bits per heavy atom. The molecule has 1 atom stereocenters. The number of carbonyl (C=O) groups is 1. The monoisotopic (exact) mass is 487 g/mol. The molecule has 4 aromatic rings. The van der Waals surface area contributed by atoms with Gasteiger partial charge in [0.1, 0.15) is 5.76 Å². The fraction of sp³-hybridized carbons (Fsp3) is 0.296. The highest BCUT2D eigenvalue weighted by Crippen LogP contribution is 2.26. The lowest BCUT2D eigenvalue weighted by atomic mass is 10.1. The molecule has 7 nitrogen and oxygen atoms in total. The van der Waals surface area contributed by atoms with E-state index in [1.807, 2.05) is 34.9 Å². The number of thioether (sulfide) groups is 1. The molecule has 5 rings (SSSR count). The fourth-order valence-electron chi connectivity index (χ4n) is 4.43. The second kappa shape index (κ2) is 10.9. The molecule has 1 fully saturated rings. The predicted molar refractivity (Wildman–Crippen MR) is 137 cm³/mol. The SMILES string of the molecule is Cc1cccc(-c2nnc(SCC(=O)N[C@@H]3CCN(Cc4ccccc4)C3)n2Cc2ccco2)c1. The van der Waals surface area contributed by atoms with Crippen LogP contribution in [0.15, 0.2) is 82.6 Å². The van der Waals surface area contributed by atoms with Gasteiger partial charge >= 0.3 is 0 Å². The van der Waals surface area contributed by atoms with Crippen molar-refractivity contribution in [1.82, 2.24) is 25.0 Å². The summed E-state index contributed by atoms with van der Waals surface area (Å²) in [4.78, 5) is 15.2. The zero-order valence-corrected chi connectivity index (χ0v) is 20.6. The highest BCUT2D eigenvalue weighted by atomic mass is 32.2. The Labute approximate surface area is 209 Å². The van der Waals surface area contributed by atoms with Crippen LogP contribution in [0.4, 0.5) is 0 Å². The number of hydrogen-bond donors (Lipinski definition) is 1. The van der Waals surface area contributed by atoms with Crippen LogP contribution < -0.4 is 5.32 Å². The molecule has 8 heteroatoms. The summed E-state index contributed by atoms with van der Waals surface area (Å²) in [6, 6.07) is 22.6.